The second-order valence-corrected chi connectivity index (χ2v) is 7.34. The average Bonchev–Trinajstić information content (AvgIpc) is 2.75. The Hall–Kier alpha value is -3.12. The van der Waals surface area contributed by atoms with Gasteiger partial charge in [-0.05, 0) is 42.8 Å². The fraction of sp³-hybridized carbons (Fsp3) is 0.136. The van der Waals surface area contributed by atoms with Crippen molar-refractivity contribution in [3.8, 4) is 0 Å². The standard InChI is InChI=1S/C22H18N2O3S/c1-2-18(27-22(26)15-8-7-13-23-14-15)21(25)24-16-9-3-5-11-19(16)28-20-12-6-4-10-17(20)24/h3-14,18H,2H2,1H3. The van der Waals surface area contributed by atoms with E-state index >= 15 is 0 Å². The SMILES string of the molecule is CCC(OC(=O)c1cccnc1)C(=O)N1c2ccccc2Sc2ccccc21. The first-order valence-electron chi connectivity index (χ1n) is 9.00. The van der Waals surface area contributed by atoms with Crippen molar-refractivity contribution in [2.24, 2.45) is 0 Å². The monoisotopic (exact) mass is 390 g/mol. The summed E-state index contributed by atoms with van der Waals surface area (Å²) in [5, 5.41) is 0. The van der Waals surface area contributed by atoms with Crippen LogP contribution in [0.4, 0.5) is 11.4 Å². The van der Waals surface area contributed by atoms with E-state index in [4.69, 9.17) is 4.74 Å². The number of rotatable bonds is 4. The van der Waals surface area contributed by atoms with Crippen LogP contribution in [-0.2, 0) is 9.53 Å². The summed E-state index contributed by atoms with van der Waals surface area (Å²) < 4.78 is 5.55. The topological polar surface area (TPSA) is 59.5 Å². The van der Waals surface area contributed by atoms with Crippen LogP contribution in [0.2, 0.25) is 0 Å². The molecule has 0 spiro atoms. The predicted octanol–water partition coefficient (Wildman–Crippen LogP) is 4.85. The molecule has 1 aliphatic rings. The van der Waals surface area contributed by atoms with Crippen molar-refractivity contribution >= 4 is 35.0 Å². The number of amides is 1. The van der Waals surface area contributed by atoms with Gasteiger partial charge in [0.25, 0.3) is 5.91 Å². The number of carbonyl (C=O) groups is 2. The van der Waals surface area contributed by atoms with Gasteiger partial charge in [-0.15, -0.1) is 0 Å². The first-order chi connectivity index (χ1) is 13.7. The number of esters is 1. The van der Waals surface area contributed by atoms with E-state index in [2.05, 4.69) is 4.98 Å². The van der Waals surface area contributed by atoms with E-state index in [0.717, 1.165) is 21.2 Å². The first-order valence-corrected chi connectivity index (χ1v) is 9.81. The number of benzene rings is 2. The summed E-state index contributed by atoms with van der Waals surface area (Å²) in [6.45, 7) is 1.83. The number of aromatic nitrogens is 1. The molecule has 5 nitrogen and oxygen atoms in total. The summed E-state index contributed by atoms with van der Waals surface area (Å²) in [6.07, 6.45) is 2.50. The average molecular weight is 390 g/mol. The minimum Gasteiger partial charge on any atom is -0.449 e. The number of nitrogens with zero attached hydrogens (tertiary/aromatic N) is 2. The Morgan fingerprint density at radius 3 is 2.21 bits per heavy atom. The highest BCUT2D eigenvalue weighted by molar-refractivity contribution is 7.99. The van der Waals surface area contributed by atoms with Gasteiger partial charge in [-0.1, -0.05) is 43.0 Å². The highest BCUT2D eigenvalue weighted by Crippen LogP contribution is 2.48. The summed E-state index contributed by atoms with van der Waals surface area (Å²) in [5.74, 6) is -0.818. The molecule has 0 fully saturated rings. The van der Waals surface area contributed by atoms with Gasteiger partial charge >= 0.3 is 5.97 Å². The molecule has 4 rings (SSSR count). The summed E-state index contributed by atoms with van der Waals surface area (Å²) in [4.78, 5) is 33.5. The largest absolute Gasteiger partial charge is 0.449 e. The molecule has 28 heavy (non-hydrogen) atoms. The smallest absolute Gasteiger partial charge is 0.340 e. The van der Waals surface area contributed by atoms with Crippen LogP contribution < -0.4 is 4.90 Å². The molecular weight excluding hydrogens is 372 g/mol. The van der Waals surface area contributed by atoms with Crippen LogP contribution in [0.25, 0.3) is 0 Å². The maximum Gasteiger partial charge on any atom is 0.340 e. The quantitative estimate of drug-likeness (QED) is 0.596. The molecule has 0 N–H and O–H groups in total. The van der Waals surface area contributed by atoms with Crippen LogP contribution >= 0.6 is 11.8 Å². The lowest BCUT2D eigenvalue weighted by Gasteiger charge is -2.33. The normalized spacial score (nSPS) is 13.2. The number of anilines is 2. The van der Waals surface area contributed by atoms with E-state index < -0.39 is 12.1 Å². The van der Waals surface area contributed by atoms with Gasteiger partial charge in [-0.2, -0.15) is 0 Å². The van der Waals surface area contributed by atoms with Crippen molar-refractivity contribution in [2.75, 3.05) is 4.90 Å². The highest BCUT2D eigenvalue weighted by atomic mass is 32.2. The lowest BCUT2D eigenvalue weighted by Crippen LogP contribution is -2.39. The molecule has 0 radical (unpaired) electrons. The van der Waals surface area contributed by atoms with Gasteiger partial charge in [0.1, 0.15) is 0 Å². The number of pyridine rings is 1. The van der Waals surface area contributed by atoms with E-state index in [-0.39, 0.29) is 5.91 Å². The fourth-order valence-corrected chi connectivity index (χ4v) is 4.13. The van der Waals surface area contributed by atoms with Gasteiger partial charge in [0.2, 0.25) is 0 Å². The van der Waals surface area contributed by atoms with E-state index in [9.17, 15) is 9.59 Å². The Balaban J connectivity index is 1.67. The van der Waals surface area contributed by atoms with Gasteiger partial charge in [-0.3, -0.25) is 14.7 Å². The van der Waals surface area contributed by atoms with Crippen molar-refractivity contribution in [3.05, 3.63) is 78.6 Å². The van der Waals surface area contributed by atoms with Crippen LogP contribution in [0.15, 0.2) is 82.8 Å². The third-order valence-electron chi connectivity index (χ3n) is 4.45. The molecule has 0 aliphatic carbocycles. The maximum absolute atomic E-state index is 13.4. The molecule has 2 aromatic carbocycles. The van der Waals surface area contributed by atoms with Crippen molar-refractivity contribution in [2.45, 2.75) is 29.2 Å². The molecule has 1 atom stereocenters. The zero-order valence-corrected chi connectivity index (χ0v) is 16.1. The van der Waals surface area contributed by atoms with Crippen LogP contribution in [-0.4, -0.2) is 23.0 Å². The van der Waals surface area contributed by atoms with E-state index in [0.29, 0.717) is 12.0 Å². The minimum absolute atomic E-state index is 0.264. The lowest BCUT2D eigenvalue weighted by atomic mass is 10.1. The lowest BCUT2D eigenvalue weighted by molar-refractivity contribution is -0.126. The molecule has 0 saturated heterocycles. The van der Waals surface area contributed by atoms with Crippen molar-refractivity contribution in [3.63, 3.8) is 0 Å². The zero-order chi connectivity index (χ0) is 19.5. The number of carbonyl (C=O) groups excluding carboxylic acids is 2. The van der Waals surface area contributed by atoms with E-state index in [1.807, 2.05) is 55.5 Å². The second-order valence-electron chi connectivity index (χ2n) is 6.26. The molecular formula is C22H18N2O3S. The van der Waals surface area contributed by atoms with Crippen LogP contribution in [0.5, 0.6) is 0 Å². The number of hydrogen-bond acceptors (Lipinski definition) is 5. The van der Waals surface area contributed by atoms with E-state index in [1.165, 1.54) is 6.20 Å². The Morgan fingerprint density at radius 1 is 1.00 bits per heavy atom. The fourth-order valence-electron chi connectivity index (χ4n) is 3.08. The summed E-state index contributed by atoms with van der Waals surface area (Å²) in [7, 11) is 0. The molecule has 0 bridgehead atoms. The third kappa shape index (κ3) is 3.39. The maximum atomic E-state index is 13.4. The molecule has 0 saturated carbocycles. The van der Waals surface area contributed by atoms with Crippen LogP contribution in [0.3, 0.4) is 0 Å². The molecule has 2 heterocycles. The highest BCUT2D eigenvalue weighted by Gasteiger charge is 2.33. The molecule has 6 heteroatoms. The summed E-state index contributed by atoms with van der Waals surface area (Å²) >= 11 is 1.62. The zero-order valence-electron chi connectivity index (χ0n) is 15.2. The Labute approximate surface area is 167 Å². The second kappa shape index (κ2) is 7.86. The van der Waals surface area contributed by atoms with Crippen LogP contribution in [0.1, 0.15) is 23.7 Å². The molecule has 1 unspecified atom stereocenters. The first kappa shape index (κ1) is 18.3. The van der Waals surface area contributed by atoms with Gasteiger partial charge in [-0.25, -0.2) is 4.79 Å². The number of fused-ring (bicyclic) bond motifs is 2. The molecule has 1 aromatic heterocycles. The van der Waals surface area contributed by atoms with Crippen molar-refractivity contribution in [1.82, 2.24) is 4.98 Å². The third-order valence-corrected chi connectivity index (χ3v) is 5.58. The van der Waals surface area contributed by atoms with Crippen molar-refractivity contribution in [1.29, 1.82) is 0 Å². The van der Waals surface area contributed by atoms with E-state index in [1.54, 1.807) is 35.0 Å². The summed E-state index contributed by atoms with van der Waals surface area (Å²) in [5.41, 5.74) is 1.92. The molecule has 3 aromatic rings. The van der Waals surface area contributed by atoms with Crippen molar-refractivity contribution < 1.29 is 14.3 Å². The Kier molecular flexibility index (Phi) is 5.12. The number of para-hydroxylation sites is 2. The van der Waals surface area contributed by atoms with Crippen LogP contribution in [0, 0.1) is 0 Å². The van der Waals surface area contributed by atoms with Gasteiger partial charge < -0.3 is 4.74 Å². The van der Waals surface area contributed by atoms with Gasteiger partial charge in [0.15, 0.2) is 6.10 Å². The molecule has 140 valence electrons. The molecule has 1 amide bonds. The summed E-state index contributed by atoms with van der Waals surface area (Å²) in [6, 6.07) is 18.8. The Bertz CT molecular complexity index is 978. The predicted molar refractivity (Wildman–Crippen MR) is 108 cm³/mol. The Morgan fingerprint density at radius 2 is 1.64 bits per heavy atom. The minimum atomic E-state index is -0.892. The number of ether oxygens (including phenoxy) is 1. The molecule has 1 aliphatic heterocycles. The number of hydrogen-bond donors (Lipinski definition) is 0. The van der Waals surface area contributed by atoms with Gasteiger partial charge in [0.05, 0.1) is 16.9 Å². The van der Waals surface area contributed by atoms with Gasteiger partial charge in [0, 0.05) is 22.2 Å².